The Labute approximate surface area is 203 Å². The van der Waals surface area contributed by atoms with Crippen molar-refractivity contribution < 1.29 is 9.21 Å². The number of amides is 1. The highest BCUT2D eigenvalue weighted by Crippen LogP contribution is 2.32. The molecule has 6 heteroatoms. The van der Waals surface area contributed by atoms with Gasteiger partial charge in [0.15, 0.2) is 11.5 Å². The fraction of sp³-hybridized carbons (Fsp3) is 0.207. The Morgan fingerprint density at radius 3 is 2.46 bits per heavy atom. The molecule has 1 fully saturated rings. The highest BCUT2D eigenvalue weighted by molar-refractivity contribution is 6.01. The smallest absolute Gasteiger partial charge is 0.254 e. The molecule has 1 aliphatic rings. The van der Waals surface area contributed by atoms with Crippen molar-refractivity contribution in [1.82, 2.24) is 19.7 Å². The van der Waals surface area contributed by atoms with Crippen molar-refractivity contribution >= 4 is 17.0 Å². The Kier molecular flexibility index (Phi) is 5.62. The summed E-state index contributed by atoms with van der Waals surface area (Å²) in [5.41, 5.74) is 5.63. The molecule has 0 spiro atoms. The summed E-state index contributed by atoms with van der Waals surface area (Å²) in [5.74, 6) is 1.11. The number of benzene rings is 3. The fourth-order valence-electron chi connectivity index (χ4n) is 4.86. The first-order chi connectivity index (χ1) is 17.2. The molecular formula is C29H26N4O2. The number of rotatable bonds is 5. The van der Waals surface area contributed by atoms with Gasteiger partial charge in [0.2, 0.25) is 0 Å². The van der Waals surface area contributed by atoms with Gasteiger partial charge in [0, 0.05) is 37.0 Å². The number of oxazole rings is 1. The summed E-state index contributed by atoms with van der Waals surface area (Å²) in [4.78, 5) is 20.2. The summed E-state index contributed by atoms with van der Waals surface area (Å²) in [6, 6.07) is 26.0. The van der Waals surface area contributed by atoms with Crippen LogP contribution in [0.1, 0.15) is 40.6 Å². The second-order valence-electron chi connectivity index (χ2n) is 9.03. The second kappa shape index (κ2) is 9.22. The predicted octanol–water partition coefficient (Wildman–Crippen LogP) is 5.76. The van der Waals surface area contributed by atoms with Crippen LogP contribution in [-0.2, 0) is 6.54 Å². The van der Waals surface area contributed by atoms with E-state index in [9.17, 15) is 4.79 Å². The molecule has 5 aromatic rings. The number of piperidine rings is 1. The quantitative estimate of drug-likeness (QED) is 0.333. The summed E-state index contributed by atoms with van der Waals surface area (Å²) in [6.07, 6.45) is 5.44. The van der Waals surface area contributed by atoms with E-state index in [0.29, 0.717) is 13.1 Å². The lowest BCUT2D eigenvalue weighted by atomic mass is 9.94. The molecule has 174 valence electrons. The SMILES string of the molecule is O=C(c1ccccc1-c1ccc(Cn2cccn2)cc1)N1CCC(c2nc3ccccc3o2)CC1. The van der Waals surface area contributed by atoms with Gasteiger partial charge in [-0.3, -0.25) is 9.48 Å². The lowest BCUT2D eigenvalue weighted by molar-refractivity contribution is 0.0707. The van der Waals surface area contributed by atoms with Crippen LogP contribution in [0.15, 0.2) is 95.7 Å². The normalized spacial score (nSPS) is 14.5. The number of nitrogens with zero attached hydrogens (tertiary/aromatic N) is 4. The third-order valence-electron chi connectivity index (χ3n) is 6.77. The molecule has 3 aromatic carbocycles. The number of fused-ring (bicyclic) bond motifs is 1. The molecule has 0 atom stereocenters. The zero-order valence-corrected chi connectivity index (χ0v) is 19.4. The Bertz CT molecular complexity index is 1410. The van der Waals surface area contributed by atoms with Gasteiger partial charge in [0.1, 0.15) is 5.52 Å². The minimum atomic E-state index is 0.0808. The van der Waals surface area contributed by atoms with Crippen molar-refractivity contribution in [3.05, 3.63) is 108 Å². The molecule has 0 unspecified atom stereocenters. The maximum Gasteiger partial charge on any atom is 0.254 e. The van der Waals surface area contributed by atoms with Gasteiger partial charge in [-0.05, 0) is 53.8 Å². The molecule has 6 rings (SSSR count). The molecule has 1 amide bonds. The van der Waals surface area contributed by atoms with Gasteiger partial charge >= 0.3 is 0 Å². The predicted molar refractivity (Wildman–Crippen MR) is 135 cm³/mol. The van der Waals surface area contributed by atoms with Crippen LogP contribution < -0.4 is 0 Å². The number of carbonyl (C=O) groups excluding carboxylic acids is 1. The standard InChI is InChI=1S/C29H26N4O2/c34-29(32-18-14-23(15-19-32)28-31-26-8-3-4-9-27(26)35-28)25-7-2-1-6-24(25)22-12-10-21(11-13-22)20-33-17-5-16-30-33/h1-13,16-17,23H,14-15,18-20H2. The van der Waals surface area contributed by atoms with E-state index in [2.05, 4.69) is 34.3 Å². The van der Waals surface area contributed by atoms with E-state index in [1.54, 1.807) is 6.20 Å². The lowest BCUT2D eigenvalue weighted by Crippen LogP contribution is -2.38. The Morgan fingerprint density at radius 2 is 1.69 bits per heavy atom. The number of para-hydroxylation sites is 2. The number of likely N-dealkylation sites (tertiary alicyclic amines) is 1. The first-order valence-corrected chi connectivity index (χ1v) is 12.0. The number of hydrogen-bond acceptors (Lipinski definition) is 4. The van der Waals surface area contributed by atoms with E-state index in [1.165, 1.54) is 5.56 Å². The fourth-order valence-corrected chi connectivity index (χ4v) is 4.86. The summed E-state index contributed by atoms with van der Waals surface area (Å²) in [7, 11) is 0. The molecule has 0 N–H and O–H groups in total. The molecule has 0 bridgehead atoms. The van der Waals surface area contributed by atoms with Crippen LogP contribution in [0.2, 0.25) is 0 Å². The van der Waals surface area contributed by atoms with Crippen molar-refractivity contribution in [2.24, 2.45) is 0 Å². The summed E-state index contributed by atoms with van der Waals surface area (Å²) >= 11 is 0. The van der Waals surface area contributed by atoms with Gasteiger partial charge in [-0.25, -0.2) is 4.98 Å². The van der Waals surface area contributed by atoms with Crippen LogP contribution in [0.3, 0.4) is 0 Å². The maximum absolute atomic E-state index is 13.5. The first-order valence-electron chi connectivity index (χ1n) is 12.0. The minimum absolute atomic E-state index is 0.0808. The van der Waals surface area contributed by atoms with Gasteiger partial charge in [-0.1, -0.05) is 54.6 Å². The largest absolute Gasteiger partial charge is 0.440 e. The van der Waals surface area contributed by atoms with Gasteiger partial charge in [-0.2, -0.15) is 5.10 Å². The van der Waals surface area contributed by atoms with Crippen LogP contribution in [-0.4, -0.2) is 38.7 Å². The zero-order chi connectivity index (χ0) is 23.6. The molecule has 0 aliphatic carbocycles. The van der Waals surface area contributed by atoms with E-state index in [1.807, 2.05) is 70.4 Å². The van der Waals surface area contributed by atoms with E-state index in [0.717, 1.165) is 53.1 Å². The van der Waals surface area contributed by atoms with Crippen LogP contribution in [0.4, 0.5) is 0 Å². The van der Waals surface area contributed by atoms with Crippen molar-refractivity contribution in [1.29, 1.82) is 0 Å². The maximum atomic E-state index is 13.5. The third-order valence-corrected chi connectivity index (χ3v) is 6.77. The van der Waals surface area contributed by atoms with E-state index in [-0.39, 0.29) is 11.8 Å². The molecule has 0 saturated carbocycles. The number of hydrogen-bond donors (Lipinski definition) is 0. The highest BCUT2D eigenvalue weighted by atomic mass is 16.3. The monoisotopic (exact) mass is 462 g/mol. The molecule has 1 aliphatic heterocycles. The van der Waals surface area contributed by atoms with E-state index in [4.69, 9.17) is 4.42 Å². The van der Waals surface area contributed by atoms with Crippen molar-refractivity contribution in [2.45, 2.75) is 25.3 Å². The topological polar surface area (TPSA) is 64.2 Å². The number of carbonyl (C=O) groups is 1. The van der Waals surface area contributed by atoms with E-state index >= 15 is 0 Å². The molecule has 35 heavy (non-hydrogen) atoms. The minimum Gasteiger partial charge on any atom is -0.440 e. The molecule has 1 saturated heterocycles. The average Bonchev–Trinajstić information content (AvgIpc) is 3.59. The van der Waals surface area contributed by atoms with Crippen LogP contribution in [0.5, 0.6) is 0 Å². The third kappa shape index (κ3) is 4.35. The van der Waals surface area contributed by atoms with Gasteiger partial charge in [0.05, 0.1) is 6.54 Å². The molecule has 3 heterocycles. The molecular weight excluding hydrogens is 436 g/mol. The summed E-state index contributed by atoms with van der Waals surface area (Å²) in [6.45, 7) is 2.11. The van der Waals surface area contributed by atoms with Gasteiger partial charge in [0.25, 0.3) is 5.91 Å². The molecule has 2 aromatic heterocycles. The van der Waals surface area contributed by atoms with Crippen LogP contribution in [0, 0.1) is 0 Å². The van der Waals surface area contributed by atoms with Crippen molar-refractivity contribution in [3.8, 4) is 11.1 Å². The average molecular weight is 463 g/mol. The highest BCUT2D eigenvalue weighted by Gasteiger charge is 2.28. The summed E-state index contributed by atoms with van der Waals surface area (Å²) in [5, 5.41) is 4.27. The number of aromatic nitrogens is 3. The second-order valence-corrected chi connectivity index (χ2v) is 9.03. The van der Waals surface area contributed by atoms with E-state index < -0.39 is 0 Å². The molecule has 6 nitrogen and oxygen atoms in total. The first kappa shape index (κ1) is 21.4. The van der Waals surface area contributed by atoms with Crippen molar-refractivity contribution in [2.75, 3.05) is 13.1 Å². The van der Waals surface area contributed by atoms with Crippen LogP contribution >= 0.6 is 0 Å². The van der Waals surface area contributed by atoms with Gasteiger partial charge in [-0.15, -0.1) is 0 Å². The Hall–Kier alpha value is -4.19. The van der Waals surface area contributed by atoms with Crippen molar-refractivity contribution in [3.63, 3.8) is 0 Å². The Balaban J connectivity index is 1.16. The Morgan fingerprint density at radius 1 is 0.914 bits per heavy atom. The van der Waals surface area contributed by atoms with Gasteiger partial charge < -0.3 is 9.32 Å². The lowest BCUT2D eigenvalue weighted by Gasteiger charge is -2.31. The van der Waals surface area contributed by atoms with Crippen LogP contribution in [0.25, 0.3) is 22.2 Å². The summed E-state index contributed by atoms with van der Waals surface area (Å²) < 4.78 is 7.89. The zero-order valence-electron chi connectivity index (χ0n) is 19.4. The molecule has 0 radical (unpaired) electrons.